The number of aliphatic hydroxyl groups is 1. The van der Waals surface area contributed by atoms with Crippen LogP contribution in [0.3, 0.4) is 0 Å². The summed E-state index contributed by atoms with van der Waals surface area (Å²) in [6.45, 7) is 3.68. The Labute approximate surface area is 133 Å². The average molecular weight is 304 g/mol. The maximum absolute atomic E-state index is 12.5. The van der Waals surface area contributed by atoms with E-state index in [1.165, 1.54) is 18.4 Å². The summed E-state index contributed by atoms with van der Waals surface area (Å²) in [6.07, 6.45) is 5.62. The fourth-order valence-corrected chi connectivity index (χ4v) is 2.95. The van der Waals surface area contributed by atoms with Crippen LogP contribution >= 0.6 is 0 Å². The van der Waals surface area contributed by atoms with Gasteiger partial charge in [-0.25, -0.2) is 0 Å². The number of carbonyl (C=O) groups is 1. The molecule has 1 fully saturated rings. The third-order valence-electron chi connectivity index (χ3n) is 4.29. The highest BCUT2D eigenvalue weighted by Gasteiger charge is 2.18. The van der Waals surface area contributed by atoms with Gasteiger partial charge in [-0.15, -0.1) is 0 Å². The molecule has 1 N–H and O–H groups in total. The number of likely N-dealkylation sites (tertiary alicyclic amines) is 1. The smallest absolute Gasteiger partial charge is 0.236 e. The van der Waals surface area contributed by atoms with Crippen LogP contribution in [-0.4, -0.2) is 60.1 Å². The molecule has 1 aromatic carbocycles. The molecule has 4 nitrogen and oxygen atoms in total. The molecule has 1 amide bonds. The maximum atomic E-state index is 12.5. The summed E-state index contributed by atoms with van der Waals surface area (Å²) in [4.78, 5) is 16.5. The van der Waals surface area contributed by atoms with E-state index in [-0.39, 0.29) is 12.5 Å². The number of hydrogen-bond donors (Lipinski definition) is 1. The minimum atomic E-state index is 0.0993. The minimum Gasteiger partial charge on any atom is -0.395 e. The summed E-state index contributed by atoms with van der Waals surface area (Å²) >= 11 is 0. The van der Waals surface area contributed by atoms with E-state index < -0.39 is 0 Å². The molecule has 1 heterocycles. The first kappa shape index (κ1) is 17.0. The lowest BCUT2D eigenvalue weighted by Gasteiger charge is -2.26. The Morgan fingerprint density at radius 3 is 2.36 bits per heavy atom. The van der Waals surface area contributed by atoms with Crippen molar-refractivity contribution in [1.82, 2.24) is 9.80 Å². The Balaban J connectivity index is 1.83. The molecule has 0 aliphatic carbocycles. The lowest BCUT2D eigenvalue weighted by molar-refractivity contribution is -0.132. The maximum Gasteiger partial charge on any atom is 0.236 e. The number of nitrogens with zero attached hydrogens (tertiary/aromatic N) is 2. The standard InChI is InChI=1S/C18H28N2O2/c21-15-14-19(13-10-17-8-4-3-5-9-17)16-18(22)20-11-6-1-2-7-12-20/h3-5,8-9,21H,1-2,6-7,10-16H2. The summed E-state index contributed by atoms with van der Waals surface area (Å²) in [6, 6.07) is 10.3. The number of hydrogen-bond acceptors (Lipinski definition) is 3. The van der Waals surface area contributed by atoms with E-state index in [0.29, 0.717) is 13.1 Å². The summed E-state index contributed by atoms with van der Waals surface area (Å²) in [5, 5.41) is 9.24. The minimum absolute atomic E-state index is 0.0993. The molecular formula is C18H28N2O2. The third-order valence-corrected chi connectivity index (χ3v) is 4.29. The van der Waals surface area contributed by atoms with Crippen LogP contribution in [0, 0.1) is 0 Å². The normalized spacial score (nSPS) is 15.8. The molecule has 4 heteroatoms. The molecule has 1 saturated heterocycles. The highest BCUT2D eigenvalue weighted by molar-refractivity contribution is 5.78. The van der Waals surface area contributed by atoms with Gasteiger partial charge in [-0.3, -0.25) is 9.69 Å². The predicted octanol–water partition coefficient (Wildman–Crippen LogP) is 1.93. The molecule has 2 rings (SSSR count). The summed E-state index contributed by atoms with van der Waals surface area (Å²) in [7, 11) is 0. The summed E-state index contributed by atoms with van der Waals surface area (Å²) < 4.78 is 0. The fraction of sp³-hybridized carbons (Fsp3) is 0.611. The SMILES string of the molecule is O=C(CN(CCO)CCc1ccccc1)N1CCCCCC1. The highest BCUT2D eigenvalue weighted by atomic mass is 16.3. The van der Waals surface area contributed by atoms with E-state index in [4.69, 9.17) is 0 Å². The van der Waals surface area contributed by atoms with E-state index in [1.54, 1.807) is 0 Å². The van der Waals surface area contributed by atoms with Crippen LogP contribution in [0.5, 0.6) is 0 Å². The van der Waals surface area contributed by atoms with Crippen molar-refractivity contribution in [2.75, 3.05) is 39.3 Å². The second-order valence-electron chi connectivity index (χ2n) is 6.03. The second kappa shape index (κ2) is 9.59. The van der Waals surface area contributed by atoms with Crippen molar-refractivity contribution in [3.63, 3.8) is 0 Å². The topological polar surface area (TPSA) is 43.8 Å². The van der Waals surface area contributed by atoms with Gasteiger partial charge >= 0.3 is 0 Å². The van der Waals surface area contributed by atoms with Crippen molar-refractivity contribution in [3.8, 4) is 0 Å². The van der Waals surface area contributed by atoms with Crippen LogP contribution in [0.15, 0.2) is 30.3 Å². The lowest BCUT2D eigenvalue weighted by Crippen LogP contribution is -2.42. The molecule has 122 valence electrons. The molecule has 0 spiro atoms. The van der Waals surface area contributed by atoms with E-state index in [0.717, 1.165) is 38.9 Å². The van der Waals surface area contributed by atoms with Crippen molar-refractivity contribution >= 4 is 5.91 Å². The molecule has 0 bridgehead atoms. The van der Waals surface area contributed by atoms with E-state index in [2.05, 4.69) is 17.0 Å². The molecule has 0 radical (unpaired) electrons. The number of carbonyl (C=O) groups excluding carboxylic acids is 1. The van der Waals surface area contributed by atoms with Gasteiger partial charge in [0.25, 0.3) is 0 Å². The van der Waals surface area contributed by atoms with E-state index in [1.807, 2.05) is 23.1 Å². The molecule has 0 unspecified atom stereocenters. The van der Waals surface area contributed by atoms with Gasteiger partial charge in [0, 0.05) is 26.2 Å². The van der Waals surface area contributed by atoms with Gasteiger partial charge < -0.3 is 10.0 Å². The largest absolute Gasteiger partial charge is 0.395 e. The summed E-state index contributed by atoms with van der Waals surface area (Å²) in [5.41, 5.74) is 1.27. The first-order chi connectivity index (χ1) is 10.8. The van der Waals surface area contributed by atoms with Crippen LogP contribution in [-0.2, 0) is 11.2 Å². The molecule has 1 aromatic rings. The van der Waals surface area contributed by atoms with Crippen LogP contribution in [0.2, 0.25) is 0 Å². The zero-order valence-electron chi connectivity index (χ0n) is 13.4. The van der Waals surface area contributed by atoms with Gasteiger partial charge in [0.15, 0.2) is 0 Å². The highest BCUT2D eigenvalue weighted by Crippen LogP contribution is 2.10. The Morgan fingerprint density at radius 2 is 1.73 bits per heavy atom. The van der Waals surface area contributed by atoms with Gasteiger partial charge in [-0.1, -0.05) is 43.2 Å². The molecule has 0 aromatic heterocycles. The zero-order chi connectivity index (χ0) is 15.6. The van der Waals surface area contributed by atoms with Gasteiger partial charge in [0.1, 0.15) is 0 Å². The first-order valence-corrected chi connectivity index (χ1v) is 8.44. The quantitative estimate of drug-likeness (QED) is 0.837. The van der Waals surface area contributed by atoms with Crippen LogP contribution in [0.25, 0.3) is 0 Å². The Morgan fingerprint density at radius 1 is 1.05 bits per heavy atom. The van der Waals surface area contributed by atoms with Crippen molar-refractivity contribution in [2.45, 2.75) is 32.1 Å². The Hall–Kier alpha value is -1.39. The average Bonchev–Trinajstić information content (AvgIpc) is 2.83. The monoisotopic (exact) mass is 304 g/mol. The Bertz CT molecular complexity index is 428. The fourth-order valence-electron chi connectivity index (χ4n) is 2.95. The van der Waals surface area contributed by atoms with Gasteiger partial charge in [-0.2, -0.15) is 0 Å². The van der Waals surface area contributed by atoms with Gasteiger partial charge in [0.2, 0.25) is 5.91 Å². The molecule has 22 heavy (non-hydrogen) atoms. The predicted molar refractivity (Wildman–Crippen MR) is 88.7 cm³/mol. The molecule has 1 aliphatic heterocycles. The first-order valence-electron chi connectivity index (χ1n) is 8.44. The Kier molecular flexibility index (Phi) is 7.40. The van der Waals surface area contributed by atoms with Crippen molar-refractivity contribution in [3.05, 3.63) is 35.9 Å². The lowest BCUT2D eigenvalue weighted by atomic mass is 10.1. The van der Waals surface area contributed by atoms with Crippen molar-refractivity contribution in [1.29, 1.82) is 0 Å². The van der Waals surface area contributed by atoms with Crippen LogP contribution in [0.1, 0.15) is 31.2 Å². The van der Waals surface area contributed by atoms with Crippen LogP contribution in [0.4, 0.5) is 0 Å². The number of benzene rings is 1. The zero-order valence-corrected chi connectivity index (χ0v) is 13.4. The van der Waals surface area contributed by atoms with E-state index in [9.17, 15) is 9.90 Å². The van der Waals surface area contributed by atoms with Gasteiger partial charge in [0.05, 0.1) is 13.2 Å². The second-order valence-corrected chi connectivity index (χ2v) is 6.03. The van der Waals surface area contributed by atoms with E-state index >= 15 is 0 Å². The van der Waals surface area contributed by atoms with Gasteiger partial charge in [-0.05, 0) is 24.8 Å². The third kappa shape index (κ3) is 5.78. The number of aliphatic hydroxyl groups excluding tert-OH is 1. The summed E-state index contributed by atoms with van der Waals surface area (Å²) in [5.74, 6) is 0.211. The molecular weight excluding hydrogens is 276 g/mol. The number of amides is 1. The van der Waals surface area contributed by atoms with Crippen LogP contribution < -0.4 is 0 Å². The number of rotatable bonds is 7. The van der Waals surface area contributed by atoms with Crippen molar-refractivity contribution in [2.24, 2.45) is 0 Å². The molecule has 0 atom stereocenters. The van der Waals surface area contributed by atoms with Crippen molar-refractivity contribution < 1.29 is 9.90 Å². The molecule has 1 aliphatic rings. The molecule has 0 saturated carbocycles.